The van der Waals surface area contributed by atoms with Crippen LogP contribution in [-0.4, -0.2) is 32.2 Å². The fourth-order valence-corrected chi connectivity index (χ4v) is 2.56. The average Bonchev–Trinajstić information content (AvgIpc) is 2.96. The number of alkyl halides is 3. The van der Waals surface area contributed by atoms with Crippen LogP contribution in [0.15, 0.2) is 12.4 Å². The van der Waals surface area contributed by atoms with E-state index in [-0.39, 0.29) is 11.8 Å². The van der Waals surface area contributed by atoms with E-state index in [0.717, 1.165) is 12.5 Å². The van der Waals surface area contributed by atoms with Crippen molar-refractivity contribution in [3.05, 3.63) is 18.1 Å². The maximum Gasteiger partial charge on any atom is 0.433 e. The van der Waals surface area contributed by atoms with Crippen LogP contribution in [-0.2, 0) is 6.18 Å². The van der Waals surface area contributed by atoms with E-state index in [4.69, 9.17) is 0 Å². The minimum Gasteiger partial charge on any atom is -0.353 e. The van der Waals surface area contributed by atoms with Gasteiger partial charge in [-0.05, 0) is 19.3 Å². The van der Waals surface area contributed by atoms with E-state index in [1.165, 1.54) is 10.8 Å². The lowest BCUT2D eigenvalue weighted by Gasteiger charge is -2.26. The average molecular weight is 285 g/mol. The highest BCUT2D eigenvalue weighted by atomic mass is 19.4. The van der Waals surface area contributed by atoms with E-state index in [0.29, 0.717) is 18.3 Å². The first-order chi connectivity index (χ1) is 9.38. The van der Waals surface area contributed by atoms with Gasteiger partial charge < -0.3 is 4.90 Å². The molecule has 1 fully saturated rings. The van der Waals surface area contributed by atoms with E-state index >= 15 is 0 Å². The molecule has 0 aromatic carbocycles. The smallest absolute Gasteiger partial charge is 0.353 e. The number of hydrogen-bond donors (Lipinski definition) is 0. The molecule has 1 aliphatic rings. The monoisotopic (exact) mass is 285 g/mol. The molecule has 8 heteroatoms. The second kappa shape index (κ2) is 4.32. The molecule has 1 saturated heterocycles. The molecule has 1 aliphatic heterocycles. The lowest BCUT2D eigenvalue weighted by molar-refractivity contribution is -0.141. The Bertz CT molecular complexity index is 636. The summed E-state index contributed by atoms with van der Waals surface area (Å²) in [7, 11) is 0. The van der Waals surface area contributed by atoms with Crippen molar-refractivity contribution in [2.45, 2.75) is 32.5 Å². The van der Waals surface area contributed by atoms with Gasteiger partial charge in [-0.1, -0.05) is 6.92 Å². The Hall–Kier alpha value is -1.86. The second-order valence-corrected chi connectivity index (χ2v) is 5.17. The predicted octanol–water partition coefficient (Wildman–Crippen LogP) is 2.38. The number of hydrogen-bond acceptors (Lipinski definition) is 4. The molecule has 2 unspecified atom stereocenters. The lowest BCUT2D eigenvalue weighted by Crippen LogP contribution is -2.31. The van der Waals surface area contributed by atoms with Crippen molar-refractivity contribution in [2.24, 2.45) is 5.92 Å². The minimum absolute atomic E-state index is 0.0263. The number of anilines is 1. The van der Waals surface area contributed by atoms with Crippen LogP contribution in [0.25, 0.3) is 5.78 Å². The molecule has 0 spiro atoms. The molecule has 3 heterocycles. The largest absolute Gasteiger partial charge is 0.433 e. The molecular formula is C12H14F3N5. The van der Waals surface area contributed by atoms with Gasteiger partial charge in [-0.15, -0.1) is 0 Å². The van der Waals surface area contributed by atoms with E-state index in [2.05, 4.69) is 22.0 Å². The van der Waals surface area contributed by atoms with Gasteiger partial charge in [-0.3, -0.25) is 0 Å². The SMILES string of the molecule is CC1CCN(c2cc(C(F)(F)F)nc3ncnn23)C1C. The molecule has 20 heavy (non-hydrogen) atoms. The zero-order valence-corrected chi connectivity index (χ0v) is 11.1. The van der Waals surface area contributed by atoms with Gasteiger partial charge in [0.1, 0.15) is 12.1 Å². The van der Waals surface area contributed by atoms with Crippen molar-refractivity contribution >= 4 is 11.6 Å². The Labute approximate surface area is 113 Å². The summed E-state index contributed by atoms with van der Waals surface area (Å²) >= 11 is 0. The standard InChI is InChI=1S/C12H14F3N5/c1-7-3-4-19(8(7)2)10-5-9(12(13,14)15)18-11-16-6-17-20(10)11/h5-8H,3-4H2,1-2H3. The first-order valence-corrected chi connectivity index (χ1v) is 6.42. The van der Waals surface area contributed by atoms with Gasteiger partial charge in [0.2, 0.25) is 0 Å². The normalized spacial score (nSPS) is 23.8. The van der Waals surface area contributed by atoms with Crippen LogP contribution in [0.5, 0.6) is 0 Å². The molecule has 0 N–H and O–H groups in total. The highest BCUT2D eigenvalue weighted by molar-refractivity contribution is 5.49. The molecule has 3 rings (SSSR count). The third-order valence-corrected chi connectivity index (χ3v) is 3.96. The van der Waals surface area contributed by atoms with Crippen LogP contribution in [0.2, 0.25) is 0 Å². The molecule has 5 nitrogen and oxygen atoms in total. The van der Waals surface area contributed by atoms with E-state index < -0.39 is 11.9 Å². The fraction of sp³-hybridized carbons (Fsp3) is 0.583. The van der Waals surface area contributed by atoms with Crippen molar-refractivity contribution < 1.29 is 13.2 Å². The van der Waals surface area contributed by atoms with Crippen LogP contribution < -0.4 is 4.90 Å². The molecular weight excluding hydrogens is 271 g/mol. The zero-order chi connectivity index (χ0) is 14.5. The number of rotatable bonds is 1. The Morgan fingerprint density at radius 1 is 1.30 bits per heavy atom. The van der Waals surface area contributed by atoms with Gasteiger partial charge in [0.15, 0.2) is 5.69 Å². The Morgan fingerprint density at radius 2 is 2.05 bits per heavy atom. The maximum atomic E-state index is 12.9. The van der Waals surface area contributed by atoms with Gasteiger partial charge in [-0.2, -0.15) is 27.8 Å². The van der Waals surface area contributed by atoms with Gasteiger partial charge in [0, 0.05) is 18.7 Å². The summed E-state index contributed by atoms with van der Waals surface area (Å²) in [6, 6.07) is 1.21. The first kappa shape index (κ1) is 13.1. The van der Waals surface area contributed by atoms with Gasteiger partial charge in [0.05, 0.1) is 0 Å². The van der Waals surface area contributed by atoms with E-state index in [9.17, 15) is 13.2 Å². The molecule has 0 aliphatic carbocycles. The summed E-state index contributed by atoms with van der Waals surface area (Å²) in [5.41, 5.74) is -0.931. The summed E-state index contributed by atoms with van der Waals surface area (Å²) in [4.78, 5) is 9.24. The summed E-state index contributed by atoms with van der Waals surface area (Å²) in [5.74, 6) is 0.800. The van der Waals surface area contributed by atoms with Crippen LogP contribution >= 0.6 is 0 Å². The highest BCUT2D eigenvalue weighted by Crippen LogP contribution is 2.34. The quantitative estimate of drug-likeness (QED) is 0.807. The third-order valence-electron chi connectivity index (χ3n) is 3.96. The number of nitrogens with zero attached hydrogens (tertiary/aromatic N) is 5. The number of halogens is 3. The highest BCUT2D eigenvalue weighted by Gasteiger charge is 2.36. The summed E-state index contributed by atoms with van der Waals surface area (Å²) in [6.07, 6.45) is -2.33. The van der Waals surface area contributed by atoms with Crippen molar-refractivity contribution in [3.63, 3.8) is 0 Å². The molecule has 2 atom stereocenters. The van der Waals surface area contributed by atoms with Crippen LogP contribution in [0.3, 0.4) is 0 Å². The second-order valence-electron chi connectivity index (χ2n) is 5.17. The molecule has 2 aromatic rings. The number of aromatic nitrogens is 4. The Morgan fingerprint density at radius 3 is 2.65 bits per heavy atom. The molecule has 2 aromatic heterocycles. The van der Waals surface area contributed by atoms with E-state index in [1.807, 2.05) is 11.8 Å². The van der Waals surface area contributed by atoms with Crippen LogP contribution in [0, 0.1) is 5.92 Å². The van der Waals surface area contributed by atoms with E-state index in [1.54, 1.807) is 0 Å². The first-order valence-electron chi connectivity index (χ1n) is 6.42. The van der Waals surface area contributed by atoms with Crippen molar-refractivity contribution in [1.82, 2.24) is 19.6 Å². The van der Waals surface area contributed by atoms with Gasteiger partial charge in [0.25, 0.3) is 5.78 Å². The fourth-order valence-electron chi connectivity index (χ4n) is 2.56. The maximum absolute atomic E-state index is 12.9. The summed E-state index contributed by atoms with van der Waals surface area (Å²) < 4.78 is 40.1. The Kier molecular flexibility index (Phi) is 2.84. The topological polar surface area (TPSA) is 46.3 Å². The van der Waals surface area contributed by atoms with Crippen LogP contribution in [0.4, 0.5) is 19.0 Å². The lowest BCUT2D eigenvalue weighted by atomic mass is 10.1. The molecule has 0 saturated carbocycles. The van der Waals surface area contributed by atoms with Crippen molar-refractivity contribution in [2.75, 3.05) is 11.4 Å². The third kappa shape index (κ3) is 1.99. The summed E-state index contributed by atoms with van der Waals surface area (Å²) in [5, 5.41) is 3.98. The zero-order valence-electron chi connectivity index (χ0n) is 11.1. The van der Waals surface area contributed by atoms with Crippen LogP contribution in [0.1, 0.15) is 26.0 Å². The Balaban J connectivity index is 2.16. The summed E-state index contributed by atoms with van der Waals surface area (Å²) in [6.45, 7) is 4.81. The van der Waals surface area contributed by atoms with Gasteiger partial charge in [-0.25, -0.2) is 4.98 Å². The molecule has 0 bridgehead atoms. The van der Waals surface area contributed by atoms with Crippen molar-refractivity contribution in [3.8, 4) is 0 Å². The molecule has 108 valence electrons. The molecule has 0 amide bonds. The minimum atomic E-state index is -4.49. The van der Waals surface area contributed by atoms with Crippen molar-refractivity contribution in [1.29, 1.82) is 0 Å². The predicted molar refractivity (Wildman–Crippen MR) is 66.4 cm³/mol. The van der Waals surface area contributed by atoms with Gasteiger partial charge >= 0.3 is 6.18 Å². The molecule has 0 radical (unpaired) electrons. The number of fused-ring (bicyclic) bond motifs is 1.